The van der Waals surface area contributed by atoms with E-state index in [1.54, 1.807) is 25.7 Å². The fourth-order valence-corrected chi connectivity index (χ4v) is 1.61. The minimum atomic E-state index is -2.44. The van der Waals surface area contributed by atoms with Gasteiger partial charge in [-0.05, 0) is 20.8 Å². The first kappa shape index (κ1) is 16.5. The predicted molar refractivity (Wildman–Crippen MR) is 72.1 cm³/mol. The summed E-state index contributed by atoms with van der Waals surface area (Å²) < 4.78 is 29.4. The Morgan fingerprint density at radius 1 is 1.45 bits per heavy atom. The minimum absolute atomic E-state index is 0.00797. The largest absolute Gasteiger partial charge is 0.444 e. The van der Waals surface area contributed by atoms with Gasteiger partial charge >= 0.3 is 6.09 Å². The van der Waals surface area contributed by atoms with Crippen LogP contribution in [0.2, 0.25) is 0 Å². The number of nitrogens with one attached hydrogen (secondary N) is 2. The summed E-state index contributed by atoms with van der Waals surface area (Å²) in [5, 5.41) is 5.47. The van der Waals surface area contributed by atoms with Crippen molar-refractivity contribution in [1.82, 2.24) is 15.5 Å². The average Bonchev–Trinajstić information content (AvgIpc) is 2.23. The molecule has 1 saturated heterocycles. The number of aliphatic imine (C=N–C) groups is 1. The molecule has 116 valence electrons. The first-order valence-corrected chi connectivity index (χ1v) is 6.44. The molecule has 0 atom stereocenters. The molecular formula is C12H22F2N4O2. The van der Waals surface area contributed by atoms with E-state index < -0.39 is 18.6 Å². The monoisotopic (exact) mass is 292 g/mol. The van der Waals surface area contributed by atoms with E-state index in [0.29, 0.717) is 19.0 Å². The number of guanidine groups is 1. The molecule has 0 saturated carbocycles. The Morgan fingerprint density at radius 3 is 2.50 bits per heavy atom. The van der Waals surface area contributed by atoms with Crippen molar-refractivity contribution in [3.8, 4) is 0 Å². The molecule has 1 rings (SSSR count). The van der Waals surface area contributed by atoms with Gasteiger partial charge in [0.2, 0.25) is 0 Å². The zero-order chi connectivity index (χ0) is 15.3. The third kappa shape index (κ3) is 5.58. The van der Waals surface area contributed by atoms with Crippen LogP contribution in [0.4, 0.5) is 13.6 Å². The summed E-state index contributed by atoms with van der Waals surface area (Å²) in [6, 6.07) is -0.00797. The lowest BCUT2D eigenvalue weighted by molar-refractivity contribution is 0.00700. The van der Waals surface area contributed by atoms with Crippen LogP contribution < -0.4 is 10.6 Å². The molecule has 0 radical (unpaired) electrons. The fourth-order valence-electron chi connectivity index (χ4n) is 1.61. The molecule has 8 heteroatoms. The lowest BCUT2D eigenvalue weighted by Crippen LogP contribution is -2.63. The highest BCUT2D eigenvalue weighted by Gasteiger charge is 2.34. The second-order valence-electron chi connectivity index (χ2n) is 5.57. The topological polar surface area (TPSA) is 66.0 Å². The van der Waals surface area contributed by atoms with Crippen molar-refractivity contribution in [2.45, 2.75) is 38.8 Å². The molecule has 0 aromatic rings. The van der Waals surface area contributed by atoms with Crippen LogP contribution in [-0.4, -0.2) is 61.7 Å². The van der Waals surface area contributed by atoms with Gasteiger partial charge in [-0.25, -0.2) is 13.6 Å². The van der Waals surface area contributed by atoms with Gasteiger partial charge in [0.15, 0.2) is 5.96 Å². The molecule has 6 nitrogen and oxygen atoms in total. The number of nitrogens with zero attached hydrogens (tertiary/aromatic N) is 2. The lowest BCUT2D eigenvalue weighted by atomic mass is 10.1. The number of halogens is 2. The van der Waals surface area contributed by atoms with Gasteiger partial charge in [0.1, 0.15) is 5.60 Å². The van der Waals surface area contributed by atoms with Crippen LogP contribution in [0.1, 0.15) is 20.8 Å². The molecule has 0 unspecified atom stereocenters. The number of carbonyl (C=O) groups is 1. The van der Waals surface area contributed by atoms with E-state index in [1.165, 1.54) is 7.05 Å². The molecule has 1 aliphatic heterocycles. The van der Waals surface area contributed by atoms with Crippen LogP contribution in [-0.2, 0) is 4.74 Å². The van der Waals surface area contributed by atoms with Gasteiger partial charge in [0.05, 0.1) is 12.6 Å². The third-order valence-electron chi connectivity index (χ3n) is 2.52. The zero-order valence-electron chi connectivity index (χ0n) is 12.2. The number of amides is 1. The van der Waals surface area contributed by atoms with Gasteiger partial charge in [0, 0.05) is 20.1 Å². The summed E-state index contributed by atoms with van der Waals surface area (Å²) in [5.41, 5.74) is -0.523. The molecular weight excluding hydrogens is 270 g/mol. The van der Waals surface area contributed by atoms with Crippen molar-refractivity contribution < 1.29 is 18.3 Å². The Labute approximate surface area is 117 Å². The minimum Gasteiger partial charge on any atom is -0.444 e. The van der Waals surface area contributed by atoms with Crippen LogP contribution >= 0.6 is 0 Å². The van der Waals surface area contributed by atoms with Crippen LogP contribution in [0.5, 0.6) is 0 Å². The second-order valence-corrected chi connectivity index (χ2v) is 5.57. The molecule has 0 aromatic heterocycles. The molecule has 0 aromatic carbocycles. The Kier molecular flexibility index (Phi) is 5.52. The predicted octanol–water partition coefficient (Wildman–Crippen LogP) is 1.04. The van der Waals surface area contributed by atoms with Gasteiger partial charge in [-0.15, -0.1) is 0 Å². The number of ether oxygens (including phenoxy) is 1. The summed E-state index contributed by atoms with van der Waals surface area (Å²) in [6.45, 7) is 5.88. The quantitative estimate of drug-likeness (QED) is 0.602. The molecule has 0 spiro atoms. The van der Waals surface area contributed by atoms with E-state index in [2.05, 4.69) is 15.6 Å². The summed E-state index contributed by atoms with van der Waals surface area (Å²) >= 11 is 0. The average molecular weight is 292 g/mol. The smallest absolute Gasteiger partial charge is 0.410 e. The van der Waals surface area contributed by atoms with Crippen molar-refractivity contribution in [2.24, 2.45) is 4.99 Å². The SMILES string of the molecule is CN=C(NCC(F)F)NC1CN(C(=O)OC(C)(C)C)C1. The number of likely N-dealkylation sites (tertiary alicyclic amines) is 1. The summed E-state index contributed by atoms with van der Waals surface area (Å²) in [5.74, 6) is 0.305. The first-order valence-electron chi connectivity index (χ1n) is 6.44. The van der Waals surface area contributed by atoms with E-state index in [9.17, 15) is 13.6 Å². The maximum Gasteiger partial charge on any atom is 0.410 e. The van der Waals surface area contributed by atoms with E-state index in [4.69, 9.17) is 4.74 Å². The standard InChI is InChI=1S/C12H22F2N4O2/c1-12(2,3)20-11(19)18-6-8(7-18)17-10(15-4)16-5-9(13)14/h8-9H,5-7H2,1-4H3,(H2,15,16,17). The van der Waals surface area contributed by atoms with Crippen molar-refractivity contribution in [3.05, 3.63) is 0 Å². The maximum absolute atomic E-state index is 12.1. The highest BCUT2D eigenvalue weighted by molar-refractivity contribution is 5.80. The Morgan fingerprint density at radius 2 is 2.05 bits per heavy atom. The van der Waals surface area contributed by atoms with Gasteiger partial charge in [-0.2, -0.15) is 0 Å². The van der Waals surface area contributed by atoms with E-state index in [0.717, 1.165) is 0 Å². The van der Waals surface area contributed by atoms with Crippen LogP contribution in [0.3, 0.4) is 0 Å². The molecule has 2 N–H and O–H groups in total. The Bertz CT molecular complexity index is 363. The number of hydrogen-bond acceptors (Lipinski definition) is 3. The summed E-state index contributed by atoms with van der Waals surface area (Å²) in [4.78, 5) is 17.1. The highest BCUT2D eigenvalue weighted by atomic mass is 19.3. The molecule has 0 bridgehead atoms. The first-order chi connectivity index (χ1) is 9.21. The summed E-state index contributed by atoms with van der Waals surface area (Å²) in [7, 11) is 1.51. The van der Waals surface area contributed by atoms with Gasteiger partial charge < -0.3 is 20.3 Å². The third-order valence-corrected chi connectivity index (χ3v) is 2.52. The number of rotatable bonds is 3. The fraction of sp³-hybridized carbons (Fsp3) is 0.833. The van der Waals surface area contributed by atoms with Crippen molar-refractivity contribution in [3.63, 3.8) is 0 Å². The summed E-state index contributed by atoms with van der Waals surface area (Å²) in [6.07, 6.45) is -2.81. The van der Waals surface area contributed by atoms with E-state index in [-0.39, 0.29) is 12.1 Å². The molecule has 1 heterocycles. The molecule has 1 fully saturated rings. The van der Waals surface area contributed by atoms with Crippen LogP contribution in [0.15, 0.2) is 4.99 Å². The number of hydrogen-bond donors (Lipinski definition) is 2. The Hall–Kier alpha value is -1.60. The molecule has 1 aliphatic rings. The lowest BCUT2D eigenvalue weighted by Gasteiger charge is -2.40. The zero-order valence-corrected chi connectivity index (χ0v) is 12.2. The van der Waals surface area contributed by atoms with Crippen molar-refractivity contribution >= 4 is 12.1 Å². The maximum atomic E-state index is 12.1. The molecule has 1 amide bonds. The Balaban J connectivity index is 2.29. The second kappa shape index (κ2) is 6.71. The van der Waals surface area contributed by atoms with Gasteiger partial charge in [-0.3, -0.25) is 4.99 Å². The van der Waals surface area contributed by atoms with Gasteiger partial charge in [-0.1, -0.05) is 0 Å². The number of alkyl halides is 2. The molecule has 20 heavy (non-hydrogen) atoms. The number of carbonyl (C=O) groups excluding carboxylic acids is 1. The van der Waals surface area contributed by atoms with E-state index in [1.807, 2.05) is 0 Å². The van der Waals surface area contributed by atoms with Crippen LogP contribution in [0.25, 0.3) is 0 Å². The van der Waals surface area contributed by atoms with Crippen molar-refractivity contribution in [1.29, 1.82) is 0 Å². The van der Waals surface area contributed by atoms with Crippen molar-refractivity contribution in [2.75, 3.05) is 26.7 Å². The van der Waals surface area contributed by atoms with E-state index >= 15 is 0 Å². The van der Waals surface area contributed by atoms with Crippen LogP contribution in [0, 0.1) is 0 Å². The normalized spacial score (nSPS) is 16.9. The molecule has 0 aliphatic carbocycles. The van der Waals surface area contributed by atoms with Gasteiger partial charge in [0.25, 0.3) is 6.43 Å². The highest BCUT2D eigenvalue weighted by Crippen LogP contribution is 2.15.